The Morgan fingerprint density at radius 1 is 0.886 bits per heavy atom. The summed E-state index contributed by atoms with van der Waals surface area (Å²) in [5, 5.41) is 13.3. The Morgan fingerprint density at radius 2 is 1.40 bits per heavy atom. The Balaban J connectivity index is 2.43. The van der Waals surface area contributed by atoms with Crippen molar-refractivity contribution < 1.29 is 22.8 Å². The molecular formula is C28H41NO5S. The Bertz CT molecular complexity index is 1090. The fraction of sp³-hybridized carbons (Fsp3) is 0.536. The van der Waals surface area contributed by atoms with Gasteiger partial charge in [0.05, 0.1) is 5.71 Å². The molecule has 0 aliphatic rings. The summed E-state index contributed by atoms with van der Waals surface area (Å²) in [6.45, 7) is 17.9. The lowest BCUT2D eigenvalue weighted by molar-refractivity contribution is -0.293. The van der Waals surface area contributed by atoms with Crippen LogP contribution in [-0.4, -0.2) is 19.4 Å². The smallest absolute Gasteiger partial charge is 0.264 e. The van der Waals surface area contributed by atoms with E-state index in [0.29, 0.717) is 11.3 Å². The molecule has 0 saturated carbocycles. The fourth-order valence-electron chi connectivity index (χ4n) is 3.99. The number of benzene rings is 2. The van der Waals surface area contributed by atoms with Gasteiger partial charge in [-0.05, 0) is 58.4 Å². The summed E-state index contributed by atoms with van der Waals surface area (Å²) in [7, 11) is -4.14. The molecule has 0 spiro atoms. The van der Waals surface area contributed by atoms with Gasteiger partial charge in [0.25, 0.3) is 0 Å². The Kier molecular flexibility index (Phi) is 10.1. The van der Waals surface area contributed by atoms with Crippen LogP contribution in [-0.2, 0) is 19.3 Å². The van der Waals surface area contributed by atoms with Crippen molar-refractivity contribution in [1.82, 2.24) is 0 Å². The van der Waals surface area contributed by atoms with E-state index in [-0.39, 0.29) is 28.6 Å². The molecule has 7 heteroatoms. The van der Waals surface area contributed by atoms with E-state index >= 15 is 0 Å². The van der Waals surface area contributed by atoms with Crippen molar-refractivity contribution in [3.63, 3.8) is 0 Å². The fourth-order valence-corrected chi connectivity index (χ4v) is 5.45. The van der Waals surface area contributed by atoms with Crippen LogP contribution in [0, 0.1) is 5.92 Å². The van der Waals surface area contributed by atoms with Crippen LogP contribution in [0.15, 0.2) is 46.4 Å². The third-order valence-corrected chi connectivity index (χ3v) is 7.78. The summed E-state index contributed by atoms with van der Waals surface area (Å²) in [5.74, 6) is 0.428. The molecular weight excluding hydrogens is 462 g/mol. The molecule has 0 aliphatic carbocycles. The monoisotopic (exact) mass is 503 g/mol. The minimum Gasteiger partial charge on any atom is -0.264 e. The number of hydrogen-bond acceptors (Lipinski definition) is 6. The quantitative estimate of drug-likeness (QED) is 0.192. The minimum absolute atomic E-state index is 0.00407. The van der Waals surface area contributed by atoms with E-state index in [0.717, 1.165) is 28.7 Å². The Hall–Kier alpha value is -2.22. The summed E-state index contributed by atoms with van der Waals surface area (Å²) < 4.78 is 32.1. The molecule has 2 unspecified atom stereocenters. The largest absolute Gasteiger partial charge is 0.359 e. The first kappa shape index (κ1) is 29.0. The van der Waals surface area contributed by atoms with Crippen molar-refractivity contribution in [1.29, 1.82) is 0 Å². The van der Waals surface area contributed by atoms with E-state index in [1.54, 1.807) is 6.92 Å². The SMILES string of the molecule is CCC(C)C(OO)c1ccc(/C(C)=N\OS(=O)(=O)c2c(C(C)C)cc(C(C)C)cc2C(C)C)cc1. The van der Waals surface area contributed by atoms with Gasteiger partial charge >= 0.3 is 10.1 Å². The predicted octanol–water partition coefficient (Wildman–Crippen LogP) is 7.76. The zero-order valence-corrected chi connectivity index (χ0v) is 23.3. The van der Waals surface area contributed by atoms with E-state index in [4.69, 9.17) is 4.28 Å². The predicted molar refractivity (Wildman–Crippen MR) is 142 cm³/mol. The summed E-state index contributed by atoms with van der Waals surface area (Å²) in [5.41, 5.74) is 4.59. The first-order valence-electron chi connectivity index (χ1n) is 12.4. The van der Waals surface area contributed by atoms with Crippen molar-refractivity contribution >= 4 is 15.8 Å². The average molecular weight is 504 g/mol. The maximum absolute atomic E-state index is 13.4. The minimum atomic E-state index is -4.14. The third-order valence-electron chi connectivity index (χ3n) is 6.53. The maximum atomic E-state index is 13.4. The van der Waals surface area contributed by atoms with E-state index in [9.17, 15) is 13.7 Å². The van der Waals surface area contributed by atoms with Gasteiger partial charge in [0, 0.05) is 0 Å². The molecule has 0 aliphatic heterocycles. The molecule has 0 amide bonds. The third kappa shape index (κ3) is 6.93. The summed E-state index contributed by atoms with van der Waals surface area (Å²) >= 11 is 0. The van der Waals surface area contributed by atoms with Gasteiger partial charge in [0.1, 0.15) is 11.0 Å². The molecule has 2 aromatic rings. The van der Waals surface area contributed by atoms with Crippen molar-refractivity contribution in [2.24, 2.45) is 11.1 Å². The highest BCUT2D eigenvalue weighted by Gasteiger charge is 2.29. The van der Waals surface area contributed by atoms with Gasteiger partial charge in [0.2, 0.25) is 0 Å². The molecule has 0 heterocycles. The van der Waals surface area contributed by atoms with Gasteiger partial charge in [-0.1, -0.05) is 103 Å². The molecule has 6 nitrogen and oxygen atoms in total. The molecule has 2 aromatic carbocycles. The molecule has 35 heavy (non-hydrogen) atoms. The second-order valence-electron chi connectivity index (χ2n) is 10.2. The Labute approximate surface area is 211 Å². The van der Waals surface area contributed by atoms with Crippen LogP contribution < -0.4 is 0 Å². The topological polar surface area (TPSA) is 85.2 Å². The highest BCUT2D eigenvalue weighted by molar-refractivity contribution is 7.86. The van der Waals surface area contributed by atoms with Crippen molar-refractivity contribution in [3.8, 4) is 0 Å². The van der Waals surface area contributed by atoms with Gasteiger partial charge in [-0.25, -0.2) is 4.89 Å². The molecule has 1 N–H and O–H groups in total. The van der Waals surface area contributed by atoms with Crippen LogP contribution in [0.25, 0.3) is 0 Å². The van der Waals surface area contributed by atoms with Gasteiger partial charge in [-0.15, -0.1) is 0 Å². The van der Waals surface area contributed by atoms with Crippen LogP contribution in [0.4, 0.5) is 0 Å². The van der Waals surface area contributed by atoms with Crippen molar-refractivity contribution in [2.75, 3.05) is 0 Å². The normalized spacial score (nSPS) is 14.6. The Morgan fingerprint density at radius 3 is 1.80 bits per heavy atom. The lowest BCUT2D eigenvalue weighted by Gasteiger charge is -2.21. The summed E-state index contributed by atoms with van der Waals surface area (Å²) in [6.07, 6.45) is 0.425. The number of nitrogens with zero attached hydrogens (tertiary/aromatic N) is 1. The molecule has 0 aromatic heterocycles. The van der Waals surface area contributed by atoms with Crippen LogP contribution in [0.2, 0.25) is 0 Å². The van der Waals surface area contributed by atoms with Gasteiger partial charge < -0.3 is 0 Å². The molecule has 0 fully saturated rings. The lowest BCUT2D eigenvalue weighted by Crippen LogP contribution is -2.14. The molecule has 194 valence electrons. The average Bonchev–Trinajstić information content (AvgIpc) is 2.82. The van der Waals surface area contributed by atoms with Crippen LogP contribution in [0.1, 0.15) is 120 Å². The zero-order valence-electron chi connectivity index (χ0n) is 22.5. The first-order chi connectivity index (χ1) is 16.3. The number of rotatable bonds is 11. The highest BCUT2D eigenvalue weighted by atomic mass is 32.2. The van der Waals surface area contributed by atoms with E-state index in [1.165, 1.54) is 0 Å². The zero-order chi connectivity index (χ0) is 26.5. The van der Waals surface area contributed by atoms with Crippen molar-refractivity contribution in [3.05, 3.63) is 64.2 Å². The first-order valence-corrected chi connectivity index (χ1v) is 13.8. The summed E-state index contributed by atoms with van der Waals surface area (Å²) in [4.78, 5) is 4.90. The van der Waals surface area contributed by atoms with Gasteiger partial charge in [-0.3, -0.25) is 9.54 Å². The van der Waals surface area contributed by atoms with Gasteiger partial charge in [0.15, 0.2) is 0 Å². The van der Waals surface area contributed by atoms with E-state index < -0.39 is 16.2 Å². The van der Waals surface area contributed by atoms with Gasteiger partial charge in [-0.2, -0.15) is 8.42 Å². The molecule has 0 saturated heterocycles. The molecule has 2 rings (SSSR count). The molecule has 0 radical (unpaired) electrons. The molecule has 2 atom stereocenters. The van der Waals surface area contributed by atoms with Crippen LogP contribution in [0.3, 0.4) is 0 Å². The maximum Gasteiger partial charge on any atom is 0.359 e. The standard InChI is InChI=1S/C28H41NO5S/c1-10-20(8)27(33-30)23-13-11-22(12-14-23)21(9)29-34-35(31,32)28-25(18(4)5)15-24(17(2)3)16-26(28)19(6)7/h11-20,27,30H,10H2,1-9H3/b29-21-. The van der Waals surface area contributed by atoms with Crippen LogP contribution in [0.5, 0.6) is 0 Å². The van der Waals surface area contributed by atoms with Crippen LogP contribution >= 0.6 is 0 Å². The lowest BCUT2D eigenvalue weighted by atomic mass is 9.89. The summed E-state index contributed by atoms with van der Waals surface area (Å²) in [6, 6.07) is 11.3. The second-order valence-corrected chi connectivity index (χ2v) is 11.7. The van der Waals surface area contributed by atoms with Crippen molar-refractivity contribution in [2.45, 2.75) is 97.5 Å². The second kappa shape index (κ2) is 12.2. The number of hydrogen-bond donors (Lipinski definition) is 1. The highest BCUT2D eigenvalue weighted by Crippen LogP contribution is 2.36. The number of oxime groups is 1. The molecule has 0 bridgehead atoms. The van der Waals surface area contributed by atoms with E-state index in [1.807, 2.05) is 77.9 Å². The van der Waals surface area contributed by atoms with E-state index in [2.05, 4.69) is 23.9 Å².